The standard InChI is InChI=1S/C85H99N9O28S2/c1-53-6-13-65(14-7-53)123(104,105)33-16-70(96)58-8-10-59(11-9-58)81(100)86-17-20-110-24-27-114-29-30-115-31-32-116-52-61-48-92(91-90-61)19-22-112-25-28-113-26-23-111-21-18-87-82(101)60-12-15-71(119-85-80(99)79(98)78(97)77(49-95)120-85)76(39-60)122-124(106,107)121-64-37-56(50-117-74-42-68-66(40-72(74)108-4)83(102)93-46-54(2)34-62(93)44-88-68)36-57(38-64)51-118-75-43-69-67(41-73(75)109-5)84(103)94-47-55(3)35-63(94)45-89-69/h6-15,36-45,48,62-63,77-80,85,95,97-99H,2-3,16-35,46-47,49-52H2,1,4-5H3,(H,86,100)(H,87,101)/t62-,63-,77+,78-,79-,80+,85?/m0/s1. The molecule has 3 saturated heterocycles. The molecule has 0 bridgehead atoms. The number of carbonyl (C=O) groups is 5. The molecule has 7 aromatic rings. The van der Waals surface area contributed by atoms with Gasteiger partial charge in [0.25, 0.3) is 23.6 Å². The van der Waals surface area contributed by atoms with Crippen LogP contribution in [0.25, 0.3) is 0 Å². The van der Waals surface area contributed by atoms with Crippen molar-refractivity contribution in [1.82, 2.24) is 35.4 Å². The molecule has 1 unspecified atom stereocenters. The molecule has 12 rings (SSSR count). The molecule has 664 valence electrons. The van der Waals surface area contributed by atoms with Crippen molar-refractivity contribution in [2.24, 2.45) is 9.98 Å². The fourth-order valence-corrected chi connectivity index (χ4v) is 15.5. The van der Waals surface area contributed by atoms with Crippen LogP contribution in [0.4, 0.5) is 11.4 Å². The van der Waals surface area contributed by atoms with E-state index in [2.05, 4.69) is 44.1 Å². The van der Waals surface area contributed by atoms with Crippen LogP contribution in [0, 0.1) is 6.92 Å². The summed E-state index contributed by atoms with van der Waals surface area (Å²) in [5, 5.41) is 55.8. The number of ether oxygens (including phenoxy) is 13. The fraction of sp³-hybridized carbons (Fsp3) is 0.424. The minimum Gasteiger partial charge on any atom is -0.493 e. The average molecular weight is 1760 g/mol. The second kappa shape index (κ2) is 43.9. The largest absolute Gasteiger partial charge is 0.501 e. The third-order valence-electron chi connectivity index (χ3n) is 20.1. The molecule has 5 aliphatic heterocycles. The van der Waals surface area contributed by atoms with Crippen LogP contribution in [0.3, 0.4) is 0 Å². The summed E-state index contributed by atoms with van der Waals surface area (Å²) in [6, 6.07) is 25.8. The topological polar surface area (TPSA) is 459 Å². The number of sulfone groups is 1. The summed E-state index contributed by atoms with van der Waals surface area (Å²) < 4.78 is 142. The molecular formula is C85H99N9O28S2. The number of hydrogen-bond acceptors (Lipinski definition) is 32. The van der Waals surface area contributed by atoms with Crippen LogP contribution in [0.1, 0.15) is 93.4 Å². The Morgan fingerprint density at radius 1 is 0.548 bits per heavy atom. The minimum absolute atomic E-state index is 0.0260. The Labute approximate surface area is 715 Å². The summed E-state index contributed by atoms with van der Waals surface area (Å²) in [4.78, 5) is 79.5. The third kappa shape index (κ3) is 25.1. The molecule has 37 nitrogen and oxygen atoms in total. The van der Waals surface area contributed by atoms with Gasteiger partial charge in [0.1, 0.15) is 49.1 Å². The van der Waals surface area contributed by atoms with Crippen molar-refractivity contribution in [3.05, 3.63) is 190 Å². The number of aliphatic hydroxyl groups excluding tert-OH is 4. The number of hydrogen-bond donors (Lipinski definition) is 6. The van der Waals surface area contributed by atoms with Crippen LogP contribution in [0.5, 0.6) is 40.2 Å². The number of amides is 4. The summed E-state index contributed by atoms with van der Waals surface area (Å²) in [6.07, 6.45) is -2.88. The Hall–Kier alpha value is -11.2. The first-order valence-electron chi connectivity index (χ1n) is 39.9. The highest BCUT2D eigenvalue weighted by Gasteiger charge is 2.46. The quantitative estimate of drug-likeness (QED) is 0.0163. The van der Waals surface area contributed by atoms with E-state index in [0.717, 1.165) is 28.8 Å². The molecule has 124 heavy (non-hydrogen) atoms. The molecule has 6 aromatic carbocycles. The molecule has 0 spiro atoms. The van der Waals surface area contributed by atoms with Crippen LogP contribution in [0.15, 0.2) is 155 Å². The van der Waals surface area contributed by atoms with Gasteiger partial charge in [0.05, 0.1) is 171 Å². The Bertz CT molecular complexity index is 5090. The lowest BCUT2D eigenvalue weighted by Gasteiger charge is -2.39. The number of methoxy groups -OCH3 is 2. The van der Waals surface area contributed by atoms with Crippen LogP contribution < -0.4 is 42.7 Å². The number of nitrogens with zero attached hydrogens (tertiary/aromatic N) is 7. The molecule has 39 heteroatoms. The summed E-state index contributed by atoms with van der Waals surface area (Å²) in [7, 11) is -6.12. The Morgan fingerprint density at radius 3 is 1.60 bits per heavy atom. The molecule has 6 heterocycles. The Kier molecular flexibility index (Phi) is 32.6. The highest BCUT2D eigenvalue weighted by Crippen LogP contribution is 2.42. The number of nitrogens with one attached hydrogen (secondary N) is 2. The van der Waals surface area contributed by atoms with Gasteiger partial charge >= 0.3 is 10.4 Å². The number of Topliss-reactive ketones (excluding diaryl/α,β-unsaturated/α-hetero) is 1. The molecule has 4 amide bonds. The lowest BCUT2D eigenvalue weighted by atomic mass is 9.99. The van der Waals surface area contributed by atoms with Crippen molar-refractivity contribution in [2.75, 3.05) is 139 Å². The number of carbonyl (C=O) groups excluding carboxylic acids is 5. The molecule has 0 aliphatic carbocycles. The van der Waals surface area contributed by atoms with Gasteiger partial charge in [-0.3, -0.25) is 34.0 Å². The number of rotatable bonds is 48. The first kappa shape index (κ1) is 92.0. The van der Waals surface area contributed by atoms with Gasteiger partial charge in [0, 0.05) is 73.9 Å². The molecule has 6 N–H and O–H groups in total. The van der Waals surface area contributed by atoms with E-state index in [-0.39, 0.29) is 171 Å². The zero-order valence-electron chi connectivity index (χ0n) is 68.5. The number of aromatic nitrogens is 3. The van der Waals surface area contributed by atoms with Crippen molar-refractivity contribution in [3.8, 4) is 40.2 Å². The van der Waals surface area contributed by atoms with Crippen LogP contribution >= 0.6 is 0 Å². The van der Waals surface area contributed by atoms with Gasteiger partial charge in [0.2, 0.25) is 6.29 Å². The molecule has 1 aromatic heterocycles. The van der Waals surface area contributed by atoms with Gasteiger partial charge in [-0.15, -0.1) is 13.5 Å². The number of aliphatic imine (C=N–C) groups is 2. The molecule has 0 radical (unpaired) electrons. The zero-order chi connectivity index (χ0) is 87.9. The number of aryl methyl sites for hydroxylation is 1. The van der Waals surface area contributed by atoms with Crippen LogP contribution in [-0.2, 0) is 84.5 Å². The summed E-state index contributed by atoms with van der Waals surface area (Å²) in [5.74, 6) is -3.06. The van der Waals surface area contributed by atoms with Crippen molar-refractivity contribution < 1.29 is 131 Å². The Balaban J connectivity index is 0.558. The van der Waals surface area contributed by atoms with Crippen LogP contribution in [0.2, 0.25) is 0 Å². The third-order valence-corrected chi connectivity index (χ3v) is 22.6. The second-order valence-corrected chi connectivity index (χ2v) is 32.5. The van der Waals surface area contributed by atoms with E-state index in [0.29, 0.717) is 118 Å². The smallest absolute Gasteiger partial charge is 0.493 e. The zero-order valence-corrected chi connectivity index (χ0v) is 70.1. The lowest BCUT2D eigenvalue weighted by molar-refractivity contribution is -0.277. The lowest BCUT2D eigenvalue weighted by Crippen LogP contribution is -2.60. The SMILES string of the molecule is C=C1C[C@H]2C=Nc3cc(OCc4cc(COc5cc6c(cc5OC)C(=O)N5CC(=C)C[C@H]5C=N6)cc(OS(=O)(=O)Oc5cc(C(=O)NCCOCCOCCOCCn6cc(COCCOCCOCCOCCNC(=O)c7ccc(C(=O)CCS(=O)(=O)c8ccc(C)cc8)cc7)nn6)ccc5OC5O[C@H](CO)[C@H](O)[C@H](O)[C@H]5O)c4)c(OC)cc3C(=O)N2C1. The number of ketones is 1. The maximum Gasteiger partial charge on any atom is 0.501 e. The molecular weight excluding hydrogens is 1660 g/mol. The number of aliphatic hydroxyl groups is 4. The highest BCUT2D eigenvalue weighted by atomic mass is 32.3. The summed E-state index contributed by atoms with van der Waals surface area (Å²) >= 11 is 0. The van der Waals surface area contributed by atoms with Gasteiger partial charge in [-0.25, -0.2) is 13.1 Å². The fourth-order valence-electron chi connectivity index (χ4n) is 13.6. The predicted molar refractivity (Wildman–Crippen MR) is 443 cm³/mol. The molecule has 5 aliphatic rings. The van der Waals surface area contributed by atoms with Crippen molar-refractivity contribution in [2.45, 2.75) is 100 Å². The van der Waals surface area contributed by atoms with Gasteiger partial charge in [-0.05, 0) is 104 Å². The van der Waals surface area contributed by atoms with Crippen molar-refractivity contribution in [3.63, 3.8) is 0 Å². The number of benzene rings is 6. The summed E-state index contributed by atoms with van der Waals surface area (Å²) in [6.45, 7) is 13.6. The van der Waals surface area contributed by atoms with Crippen LogP contribution in [-0.4, -0.2) is 285 Å². The first-order chi connectivity index (χ1) is 59.8. The van der Waals surface area contributed by atoms with E-state index >= 15 is 0 Å². The maximum absolute atomic E-state index is 14.4. The summed E-state index contributed by atoms with van der Waals surface area (Å²) in [5.41, 5.74) is 5.61. The molecule has 7 atom stereocenters. The monoisotopic (exact) mass is 1760 g/mol. The minimum atomic E-state index is -5.31. The number of fused-ring (bicyclic) bond motifs is 4. The van der Waals surface area contributed by atoms with Gasteiger partial charge in [-0.2, -0.15) is 0 Å². The van der Waals surface area contributed by atoms with Gasteiger partial charge in [-0.1, -0.05) is 59.3 Å². The van der Waals surface area contributed by atoms with E-state index in [1.165, 1.54) is 80.9 Å². The van der Waals surface area contributed by atoms with E-state index in [4.69, 9.17) is 69.9 Å². The molecule has 3 fully saturated rings. The van der Waals surface area contributed by atoms with E-state index in [1.54, 1.807) is 63.4 Å². The van der Waals surface area contributed by atoms with Gasteiger partial charge < -0.3 is 111 Å². The van der Waals surface area contributed by atoms with E-state index < -0.39 is 75.0 Å². The predicted octanol–water partition coefficient (Wildman–Crippen LogP) is 5.14. The maximum atomic E-state index is 14.4. The van der Waals surface area contributed by atoms with Crippen molar-refractivity contribution >= 4 is 73.5 Å². The first-order valence-corrected chi connectivity index (χ1v) is 42.8. The second-order valence-electron chi connectivity index (χ2n) is 29.2. The van der Waals surface area contributed by atoms with Gasteiger partial charge in [0.15, 0.2) is 50.1 Å². The average Bonchev–Trinajstić information content (AvgIpc) is 1.58. The van der Waals surface area contributed by atoms with E-state index in [1.807, 2.05) is 6.92 Å². The van der Waals surface area contributed by atoms with Crippen molar-refractivity contribution in [1.29, 1.82) is 0 Å². The highest BCUT2D eigenvalue weighted by molar-refractivity contribution is 7.91. The normalized spacial score (nSPS) is 18.5. The Morgan fingerprint density at radius 2 is 1.06 bits per heavy atom. The van der Waals surface area contributed by atoms with E-state index in [9.17, 15) is 61.2 Å². The molecule has 0 saturated carbocycles.